The molecule has 1 aliphatic heterocycles. The number of fused-ring (bicyclic) bond motifs is 1. The molecule has 30 heavy (non-hydrogen) atoms. The lowest BCUT2D eigenvalue weighted by Gasteiger charge is -2.31. The molecular formula is C24H25ClN2O3. The number of rotatable bonds is 5. The quantitative estimate of drug-likeness (QED) is 0.594. The van der Waals surface area contributed by atoms with Crippen molar-refractivity contribution < 1.29 is 14.6 Å². The molecule has 4 rings (SSSR count). The van der Waals surface area contributed by atoms with Crippen LogP contribution in [0.2, 0.25) is 5.02 Å². The zero-order chi connectivity index (χ0) is 21.1. The van der Waals surface area contributed by atoms with Crippen molar-refractivity contribution in [1.29, 1.82) is 0 Å². The minimum Gasteiger partial charge on any atom is -0.466 e. The number of pyridine rings is 1. The van der Waals surface area contributed by atoms with Gasteiger partial charge in [-0.25, -0.2) is 4.98 Å². The second-order valence-electron chi connectivity index (χ2n) is 7.56. The predicted molar refractivity (Wildman–Crippen MR) is 120 cm³/mol. The number of piperidine rings is 1. The lowest BCUT2D eigenvalue weighted by Crippen LogP contribution is -2.37. The van der Waals surface area contributed by atoms with Gasteiger partial charge in [0.1, 0.15) is 5.82 Å². The van der Waals surface area contributed by atoms with Crippen molar-refractivity contribution in [1.82, 2.24) is 4.98 Å². The van der Waals surface area contributed by atoms with Crippen molar-refractivity contribution in [2.45, 2.75) is 26.4 Å². The second kappa shape index (κ2) is 9.02. The summed E-state index contributed by atoms with van der Waals surface area (Å²) in [6.07, 6.45) is 1.58. The molecule has 1 aliphatic rings. The number of aliphatic hydroxyl groups is 1. The van der Waals surface area contributed by atoms with Crippen LogP contribution in [-0.4, -0.2) is 35.8 Å². The number of nitrogens with zero attached hydrogens (tertiary/aromatic N) is 2. The Balaban J connectivity index is 1.52. The van der Waals surface area contributed by atoms with E-state index in [1.54, 1.807) is 6.07 Å². The van der Waals surface area contributed by atoms with Crippen molar-refractivity contribution >= 4 is 34.3 Å². The average molecular weight is 425 g/mol. The highest BCUT2D eigenvalue weighted by atomic mass is 35.5. The first-order valence-corrected chi connectivity index (χ1v) is 10.7. The Kier molecular flexibility index (Phi) is 6.21. The summed E-state index contributed by atoms with van der Waals surface area (Å²) in [7, 11) is 0. The van der Waals surface area contributed by atoms with Gasteiger partial charge < -0.3 is 14.7 Å². The number of carbonyl (C=O) groups is 1. The highest BCUT2D eigenvalue weighted by Gasteiger charge is 2.26. The van der Waals surface area contributed by atoms with Gasteiger partial charge >= 0.3 is 5.97 Å². The van der Waals surface area contributed by atoms with Crippen LogP contribution in [0.3, 0.4) is 0 Å². The van der Waals surface area contributed by atoms with Crippen LogP contribution in [0.5, 0.6) is 0 Å². The number of aromatic nitrogens is 1. The number of esters is 1. The summed E-state index contributed by atoms with van der Waals surface area (Å²) in [5.41, 5.74) is 3.66. The maximum absolute atomic E-state index is 11.9. The Morgan fingerprint density at radius 2 is 1.97 bits per heavy atom. The fourth-order valence-corrected chi connectivity index (χ4v) is 4.27. The van der Waals surface area contributed by atoms with Crippen molar-refractivity contribution in [3.8, 4) is 11.1 Å². The molecule has 3 aromatic rings. The molecule has 0 saturated carbocycles. The third-order valence-corrected chi connectivity index (χ3v) is 5.95. The zero-order valence-corrected chi connectivity index (χ0v) is 17.7. The number of carbonyl (C=O) groups excluding carboxylic acids is 1. The van der Waals surface area contributed by atoms with E-state index in [4.69, 9.17) is 21.3 Å². The molecule has 0 aliphatic carbocycles. The highest BCUT2D eigenvalue weighted by Crippen LogP contribution is 2.32. The summed E-state index contributed by atoms with van der Waals surface area (Å²) < 4.78 is 5.15. The number of aliphatic hydroxyl groups excluding tert-OH is 1. The van der Waals surface area contributed by atoms with Gasteiger partial charge in [-0.15, -0.1) is 0 Å². The van der Waals surface area contributed by atoms with Crippen LogP contribution in [0, 0.1) is 5.92 Å². The van der Waals surface area contributed by atoms with Gasteiger partial charge in [0.2, 0.25) is 0 Å². The molecule has 5 nitrogen and oxygen atoms in total. The van der Waals surface area contributed by atoms with E-state index in [1.165, 1.54) is 0 Å². The number of ether oxygens (including phenoxy) is 1. The normalized spacial score (nSPS) is 14.8. The standard InChI is InChI=1S/C24H25ClN2O3/c1-2-30-24(29)17-9-11-27(12-10-17)23-8-5-19-14-18(4-7-22(19)26-23)20-6-3-16(15-28)13-21(20)25/h3-8,13-14,17,28H,2,9-12,15H2,1H3. The van der Waals surface area contributed by atoms with Crippen LogP contribution in [0.25, 0.3) is 22.0 Å². The van der Waals surface area contributed by atoms with E-state index in [0.717, 1.165) is 59.3 Å². The molecular weight excluding hydrogens is 400 g/mol. The zero-order valence-electron chi connectivity index (χ0n) is 17.0. The Bertz CT molecular complexity index is 1060. The smallest absolute Gasteiger partial charge is 0.309 e. The van der Waals surface area contributed by atoms with Gasteiger partial charge in [-0.1, -0.05) is 29.8 Å². The molecule has 0 unspecified atom stereocenters. The van der Waals surface area contributed by atoms with E-state index in [0.29, 0.717) is 11.6 Å². The Labute approximate surface area is 181 Å². The van der Waals surface area contributed by atoms with E-state index in [-0.39, 0.29) is 18.5 Å². The average Bonchev–Trinajstić information content (AvgIpc) is 2.78. The van der Waals surface area contributed by atoms with E-state index in [2.05, 4.69) is 17.0 Å². The van der Waals surface area contributed by atoms with Crippen molar-refractivity contribution in [3.05, 3.63) is 59.1 Å². The van der Waals surface area contributed by atoms with Gasteiger partial charge in [-0.05, 0) is 61.2 Å². The van der Waals surface area contributed by atoms with Gasteiger partial charge in [-0.2, -0.15) is 0 Å². The highest BCUT2D eigenvalue weighted by molar-refractivity contribution is 6.33. The SMILES string of the molecule is CCOC(=O)C1CCN(c2ccc3cc(-c4ccc(CO)cc4Cl)ccc3n2)CC1. The lowest BCUT2D eigenvalue weighted by atomic mass is 9.97. The summed E-state index contributed by atoms with van der Waals surface area (Å²) in [6, 6.07) is 15.8. The third kappa shape index (κ3) is 4.27. The maximum atomic E-state index is 11.9. The molecule has 1 aromatic heterocycles. The van der Waals surface area contributed by atoms with Crippen molar-refractivity contribution in [2.24, 2.45) is 5.92 Å². The molecule has 0 spiro atoms. The summed E-state index contributed by atoms with van der Waals surface area (Å²) in [4.78, 5) is 19.0. The summed E-state index contributed by atoms with van der Waals surface area (Å²) >= 11 is 6.41. The summed E-state index contributed by atoms with van der Waals surface area (Å²) in [6.45, 7) is 3.85. The van der Waals surface area contributed by atoms with Gasteiger partial charge in [0.05, 0.1) is 24.6 Å². The number of benzene rings is 2. The molecule has 0 atom stereocenters. The van der Waals surface area contributed by atoms with E-state index in [9.17, 15) is 9.90 Å². The lowest BCUT2D eigenvalue weighted by molar-refractivity contribution is -0.148. The molecule has 1 saturated heterocycles. The van der Waals surface area contributed by atoms with Crippen LogP contribution >= 0.6 is 11.6 Å². The molecule has 2 heterocycles. The third-order valence-electron chi connectivity index (χ3n) is 5.64. The van der Waals surface area contributed by atoms with E-state index in [1.807, 2.05) is 37.3 Å². The Morgan fingerprint density at radius 3 is 2.67 bits per heavy atom. The van der Waals surface area contributed by atoms with Gasteiger partial charge in [0.15, 0.2) is 0 Å². The number of hydrogen-bond acceptors (Lipinski definition) is 5. The number of hydrogen-bond donors (Lipinski definition) is 1. The molecule has 6 heteroatoms. The van der Waals surface area contributed by atoms with Crippen LogP contribution in [0.15, 0.2) is 48.5 Å². The number of halogens is 1. The molecule has 0 bridgehead atoms. The fourth-order valence-electron chi connectivity index (χ4n) is 3.95. The minimum absolute atomic E-state index is 0.00816. The van der Waals surface area contributed by atoms with Crippen LogP contribution in [0.1, 0.15) is 25.3 Å². The maximum Gasteiger partial charge on any atom is 0.309 e. The first-order chi connectivity index (χ1) is 14.6. The van der Waals surface area contributed by atoms with Crippen LogP contribution in [-0.2, 0) is 16.1 Å². The topological polar surface area (TPSA) is 62.7 Å². The second-order valence-corrected chi connectivity index (χ2v) is 7.97. The first-order valence-electron chi connectivity index (χ1n) is 10.3. The summed E-state index contributed by atoms with van der Waals surface area (Å²) in [5.74, 6) is 0.843. The van der Waals surface area contributed by atoms with E-state index >= 15 is 0 Å². The van der Waals surface area contributed by atoms with Gasteiger partial charge in [0, 0.05) is 29.1 Å². The molecule has 1 fully saturated rings. The van der Waals surface area contributed by atoms with Crippen molar-refractivity contribution in [3.63, 3.8) is 0 Å². The molecule has 2 aromatic carbocycles. The molecule has 0 amide bonds. The molecule has 1 N–H and O–H groups in total. The minimum atomic E-state index is -0.0816. The van der Waals surface area contributed by atoms with Crippen LogP contribution in [0.4, 0.5) is 5.82 Å². The fraction of sp³-hybridized carbons (Fsp3) is 0.333. The molecule has 0 radical (unpaired) electrons. The van der Waals surface area contributed by atoms with Gasteiger partial charge in [0.25, 0.3) is 0 Å². The van der Waals surface area contributed by atoms with Crippen LogP contribution < -0.4 is 4.90 Å². The number of anilines is 1. The van der Waals surface area contributed by atoms with E-state index < -0.39 is 0 Å². The van der Waals surface area contributed by atoms with Crippen molar-refractivity contribution in [2.75, 3.05) is 24.6 Å². The largest absolute Gasteiger partial charge is 0.466 e. The molecule has 156 valence electrons. The Hall–Kier alpha value is -2.63. The van der Waals surface area contributed by atoms with Gasteiger partial charge in [-0.3, -0.25) is 4.79 Å². The summed E-state index contributed by atoms with van der Waals surface area (Å²) in [5, 5.41) is 10.9. The first kappa shape index (κ1) is 20.6. The monoisotopic (exact) mass is 424 g/mol. The predicted octanol–water partition coefficient (Wildman–Crippen LogP) is 4.83. The Morgan fingerprint density at radius 1 is 1.17 bits per heavy atom.